The van der Waals surface area contributed by atoms with E-state index in [4.69, 9.17) is 9.47 Å². The second-order valence-corrected chi connectivity index (χ2v) is 5.81. The van der Waals surface area contributed by atoms with Gasteiger partial charge in [-0.05, 0) is 55.3 Å². The number of rotatable bonds is 6. The van der Waals surface area contributed by atoms with Crippen molar-refractivity contribution < 1.29 is 27.4 Å². The maximum absolute atomic E-state index is 13.2. The highest BCUT2D eigenvalue weighted by molar-refractivity contribution is 6.01. The molecule has 2 aromatic rings. The maximum Gasteiger partial charge on any atom is 0.416 e. The Bertz CT molecular complexity index is 815. The molecule has 2 aromatic carbocycles. The number of hydrogen-bond donors (Lipinski definition) is 0. The van der Waals surface area contributed by atoms with Crippen molar-refractivity contribution in [1.82, 2.24) is 4.90 Å². The van der Waals surface area contributed by atoms with Crippen LogP contribution < -0.4 is 9.47 Å². The number of amides is 1. The highest BCUT2D eigenvalue weighted by Crippen LogP contribution is 2.37. The van der Waals surface area contributed by atoms with Gasteiger partial charge in [0.15, 0.2) is 11.5 Å². The van der Waals surface area contributed by atoms with Crippen molar-refractivity contribution in [1.29, 1.82) is 0 Å². The predicted molar refractivity (Wildman–Crippen MR) is 97.2 cm³/mol. The van der Waals surface area contributed by atoms with E-state index in [0.717, 1.165) is 12.1 Å². The molecule has 1 amide bonds. The van der Waals surface area contributed by atoms with Crippen molar-refractivity contribution in [3.8, 4) is 22.6 Å². The Labute approximate surface area is 156 Å². The molecule has 0 aromatic heterocycles. The number of carbonyl (C=O) groups excluding carboxylic acids is 1. The zero-order chi connectivity index (χ0) is 20.2. The number of ether oxygens (including phenoxy) is 2. The molecule has 0 aliphatic rings. The summed E-state index contributed by atoms with van der Waals surface area (Å²) in [6.45, 7) is 4.56. The third kappa shape index (κ3) is 4.35. The Balaban J connectivity index is 2.69. The van der Waals surface area contributed by atoms with Crippen LogP contribution in [0.3, 0.4) is 0 Å². The first-order valence-corrected chi connectivity index (χ1v) is 8.49. The summed E-state index contributed by atoms with van der Waals surface area (Å²) >= 11 is 0. The van der Waals surface area contributed by atoms with E-state index in [1.54, 1.807) is 23.1 Å². The lowest BCUT2D eigenvalue weighted by Gasteiger charge is -2.21. The van der Waals surface area contributed by atoms with Crippen LogP contribution in [-0.4, -0.2) is 38.1 Å². The number of benzene rings is 2. The summed E-state index contributed by atoms with van der Waals surface area (Å²) in [4.78, 5) is 14.4. The van der Waals surface area contributed by atoms with Crippen LogP contribution >= 0.6 is 0 Å². The smallest absolute Gasteiger partial charge is 0.416 e. The monoisotopic (exact) mass is 381 g/mol. The van der Waals surface area contributed by atoms with Gasteiger partial charge in [0.1, 0.15) is 0 Å². The van der Waals surface area contributed by atoms with E-state index in [9.17, 15) is 18.0 Å². The molecule has 0 aliphatic carbocycles. The minimum atomic E-state index is -4.51. The topological polar surface area (TPSA) is 38.8 Å². The SMILES string of the molecule is CCN(CC)C(=O)c1ccc(C(F)(F)F)cc1-c1ccc(OC)c(OC)c1. The van der Waals surface area contributed by atoms with Crippen molar-refractivity contribution >= 4 is 5.91 Å². The molecule has 0 atom stereocenters. The van der Waals surface area contributed by atoms with E-state index in [0.29, 0.717) is 30.2 Å². The zero-order valence-electron chi connectivity index (χ0n) is 15.7. The van der Waals surface area contributed by atoms with Gasteiger partial charge in [-0.3, -0.25) is 4.79 Å². The van der Waals surface area contributed by atoms with Crippen LogP contribution in [0.1, 0.15) is 29.8 Å². The molecule has 0 bridgehead atoms. The first-order chi connectivity index (χ1) is 12.8. The van der Waals surface area contributed by atoms with E-state index in [2.05, 4.69) is 0 Å². The number of nitrogens with zero attached hydrogens (tertiary/aromatic N) is 1. The highest BCUT2D eigenvalue weighted by atomic mass is 19.4. The second-order valence-electron chi connectivity index (χ2n) is 5.81. The molecule has 7 heteroatoms. The molecule has 2 rings (SSSR count). The van der Waals surface area contributed by atoms with Gasteiger partial charge in [0.2, 0.25) is 0 Å². The van der Waals surface area contributed by atoms with Gasteiger partial charge in [-0.15, -0.1) is 0 Å². The van der Waals surface area contributed by atoms with Crippen molar-refractivity contribution in [2.75, 3.05) is 27.3 Å². The summed E-state index contributed by atoms with van der Waals surface area (Å²) in [5.41, 5.74) is 0.0271. The molecular weight excluding hydrogens is 359 g/mol. The molecular formula is C20H22F3NO3. The van der Waals surface area contributed by atoms with Gasteiger partial charge in [0.25, 0.3) is 5.91 Å². The van der Waals surface area contributed by atoms with Crippen molar-refractivity contribution in [2.45, 2.75) is 20.0 Å². The van der Waals surface area contributed by atoms with Crippen LogP contribution in [0, 0.1) is 0 Å². The normalized spacial score (nSPS) is 11.2. The lowest BCUT2D eigenvalue weighted by molar-refractivity contribution is -0.137. The van der Waals surface area contributed by atoms with Crippen molar-refractivity contribution in [2.24, 2.45) is 0 Å². The van der Waals surface area contributed by atoms with E-state index in [1.807, 2.05) is 13.8 Å². The molecule has 0 fully saturated rings. The van der Waals surface area contributed by atoms with Crippen LogP contribution in [0.2, 0.25) is 0 Å². The first-order valence-electron chi connectivity index (χ1n) is 8.49. The third-order valence-electron chi connectivity index (χ3n) is 4.32. The maximum atomic E-state index is 13.2. The standard InChI is InChI=1S/C20H22F3NO3/c1-5-24(6-2)19(25)15-9-8-14(20(21,22)23)12-16(15)13-7-10-17(26-3)18(11-13)27-4/h7-12H,5-6H2,1-4H3. The van der Waals surface area contributed by atoms with Crippen LogP contribution in [-0.2, 0) is 6.18 Å². The van der Waals surface area contributed by atoms with Crippen LogP contribution in [0.25, 0.3) is 11.1 Å². The fourth-order valence-electron chi connectivity index (χ4n) is 2.83. The molecule has 0 heterocycles. The van der Waals surface area contributed by atoms with Crippen LogP contribution in [0.4, 0.5) is 13.2 Å². The van der Waals surface area contributed by atoms with E-state index in [-0.39, 0.29) is 17.0 Å². The van der Waals surface area contributed by atoms with Gasteiger partial charge in [-0.25, -0.2) is 0 Å². The van der Waals surface area contributed by atoms with Crippen molar-refractivity contribution in [3.05, 3.63) is 47.5 Å². The average molecular weight is 381 g/mol. The number of halogens is 3. The van der Waals surface area contributed by atoms with Gasteiger partial charge in [0, 0.05) is 18.7 Å². The molecule has 0 N–H and O–H groups in total. The number of hydrogen-bond acceptors (Lipinski definition) is 3. The molecule has 4 nitrogen and oxygen atoms in total. The first kappa shape index (κ1) is 20.6. The molecule has 0 unspecified atom stereocenters. The summed E-state index contributed by atoms with van der Waals surface area (Å²) < 4.78 is 50.1. The lowest BCUT2D eigenvalue weighted by Crippen LogP contribution is -2.31. The minimum absolute atomic E-state index is 0.197. The number of alkyl halides is 3. The summed E-state index contributed by atoms with van der Waals surface area (Å²) in [6, 6.07) is 7.93. The molecule has 0 saturated carbocycles. The van der Waals surface area contributed by atoms with Crippen LogP contribution in [0.15, 0.2) is 36.4 Å². The summed E-state index contributed by atoms with van der Waals surface area (Å²) in [5, 5.41) is 0. The Morgan fingerprint density at radius 1 is 0.963 bits per heavy atom. The van der Waals surface area contributed by atoms with Crippen molar-refractivity contribution in [3.63, 3.8) is 0 Å². The molecule has 0 radical (unpaired) electrons. The fourth-order valence-corrected chi connectivity index (χ4v) is 2.83. The van der Waals surface area contributed by atoms with E-state index < -0.39 is 11.7 Å². The molecule has 0 saturated heterocycles. The predicted octanol–water partition coefficient (Wildman–Crippen LogP) is 4.87. The summed E-state index contributed by atoms with van der Waals surface area (Å²) in [6.07, 6.45) is -4.51. The second kappa shape index (κ2) is 8.33. The lowest BCUT2D eigenvalue weighted by atomic mass is 9.95. The average Bonchev–Trinajstić information content (AvgIpc) is 2.67. The van der Waals surface area contributed by atoms with Gasteiger partial charge in [-0.1, -0.05) is 6.07 Å². The molecule has 0 aliphatic heterocycles. The summed E-state index contributed by atoms with van der Waals surface area (Å²) in [7, 11) is 2.91. The van der Waals surface area contributed by atoms with Gasteiger partial charge in [0.05, 0.1) is 19.8 Å². The Morgan fingerprint density at radius 3 is 2.11 bits per heavy atom. The van der Waals surface area contributed by atoms with Gasteiger partial charge in [-0.2, -0.15) is 13.2 Å². The highest BCUT2D eigenvalue weighted by Gasteiger charge is 2.32. The zero-order valence-corrected chi connectivity index (χ0v) is 15.7. The minimum Gasteiger partial charge on any atom is -0.493 e. The Hall–Kier alpha value is -2.70. The third-order valence-corrected chi connectivity index (χ3v) is 4.32. The molecule has 27 heavy (non-hydrogen) atoms. The number of carbonyl (C=O) groups is 1. The van der Waals surface area contributed by atoms with E-state index in [1.165, 1.54) is 20.3 Å². The van der Waals surface area contributed by atoms with Gasteiger partial charge >= 0.3 is 6.18 Å². The summed E-state index contributed by atoms with van der Waals surface area (Å²) in [5.74, 6) is 0.497. The quantitative estimate of drug-likeness (QED) is 0.716. The Morgan fingerprint density at radius 2 is 1.59 bits per heavy atom. The Kier molecular flexibility index (Phi) is 6.36. The number of methoxy groups -OCH3 is 2. The molecule has 0 spiro atoms. The largest absolute Gasteiger partial charge is 0.493 e. The van der Waals surface area contributed by atoms with Crippen LogP contribution in [0.5, 0.6) is 11.5 Å². The van der Waals surface area contributed by atoms with Gasteiger partial charge < -0.3 is 14.4 Å². The van der Waals surface area contributed by atoms with E-state index >= 15 is 0 Å². The molecule has 146 valence electrons. The fraction of sp³-hybridized carbons (Fsp3) is 0.350.